The normalized spacial score (nSPS) is 14.8. The molecule has 0 aliphatic heterocycles. The Kier molecular flexibility index (Phi) is 4.60. The molecule has 3 aromatic rings. The zero-order chi connectivity index (χ0) is 18.9. The summed E-state index contributed by atoms with van der Waals surface area (Å²) in [5.41, 5.74) is -2.56. The molecule has 1 N–H and O–H groups in total. The predicted octanol–water partition coefficient (Wildman–Crippen LogP) is 1.42. The number of aromatic nitrogens is 5. The van der Waals surface area contributed by atoms with Crippen molar-refractivity contribution in [1.29, 1.82) is 0 Å². The smallest absolute Gasteiger partial charge is 0.289 e. The van der Waals surface area contributed by atoms with E-state index in [9.17, 15) is 23.5 Å². The van der Waals surface area contributed by atoms with Gasteiger partial charge in [0.25, 0.3) is 6.33 Å². The molecule has 0 aliphatic rings. The van der Waals surface area contributed by atoms with Crippen molar-refractivity contribution in [3.8, 4) is 0 Å². The molecule has 3 rings (SSSR count). The molecule has 0 amide bonds. The standard InChI is InChI=1S/C16H14F3N5O2/c1-10(15-14(19)5-24(26)9-21-15)16(25,6-23-8-20-7-22-23)12-3-2-11(17)4-13(12)18/h2-5,7-10,25H,6H2,1H3/t10-,16-/m1/s1. The van der Waals surface area contributed by atoms with Gasteiger partial charge >= 0.3 is 0 Å². The highest BCUT2D eigenvalue weighted by molar-refractivity contribution is 5.29. The minimum atomic E-state index is -2.05. The van der Waals surface area contributed by atoms with E-state index in [-0.39, 0.29) is 22.5 Å². The number of benzene rings is 1. The minimum absolute atomic E-state index is 0.167. The molecule has 0 bridgehead atoms. The molecule has 0 saturated heterocycles. The lowest BCUT2D eigenvalue weighted by atomic mass is 9.79. The third kappa shape index (κ3) is 3.23. The monoisotopic (exact) mass is 365 g/mol. The van der Waals surface area contributed by atoms with E-state index in [1.807, 2.05) is 0 Å². The van der Waals surface area contributed by atoms with Crippen LogP contribution in [-0.4, -0.2) is 24.9 Å². The molecule has 2 heterocycles. The highest BCUT2D eigenvalue weighted by atomic mass is 19.1. The Hall–Kier alpha value is -3.01. The Morgan fingerprint density at radius 1 is 1.31 bits per heavy atom. The van der Waals surface area contributed by atoms with Crippen LogP contribution in [0.15, 0.2) is 43.4 Å². The van der Waals surface area contributed by atoms with Crippen LogP contribution < -0.4 is 4.73 Å². The summed E-state index contributed by atoms with van der Waals surface area (Å²) in [6.07, 6.45) is 3.98. The maximum Gasteiger partial charge on any atom is 0.289 e. The van der Waals surface area contributed by atoms with Crippen LogP contribution in [0.3, 0.4) is 0 Å². The van der Waals surface area contributed by atoms with E-state index in [0.717, 1.165) is 18.5 Å². The Labute approximate surface area is 146 Å². The summed E-state index contributed by atoms with van der Waals surface area (Å²) in [6.45, 7) is 1.12. The highest BCUT2D eigenvalue weighted by Gasteiger charge is 2.43. The first-order chi connectivity index (χ1) is 12.3. The Bertz CT molecular complexity index is 922. The van der Waals surface area contributed by atoms with Gasteiger partial charge in [-0.1, -0.05) is 13.0 Å². The van der Waals surface area contributed by atoms with Gasteiger partial charge in [0.1, 0.15) is 36.1 Å². The van der Waals surface area contributed by atoms with Crippen LogP contribution in [-0.2, 0) is 12.1 Å². The van der Waals surface area contributed by atoms with Gasteiger partial charge in [0.2, 0.25) is 5.82 Å². The second-order valence-electron chi connectivity index (χ2n) is 5.83. The van der Waals surface area contributed by atoms with Crippen LogP contribution >= 0.6 is 0 Å². The molecule has 0 spiro atoms. The summed E-state index contributed by atoms with van der Waals surface area (Å²) in [6, 6.07) is 2.68. The summed E-state index contributed by atoms with van der Waals surface area (Å²) in [7, 11) is 0. The lowest BCUT2D eigenvalue weighted by Crippen LogP contribution is -2.39. The molecule has 2 aromatic heterocycles. The van der Waals surface area contributed by atoms with E-state index < -0.39 is 29.0 Å². The molecule has 0 fully saturated rings. The molecule has 0 radical (unpaired) electrons. The molecule has 1 aromatic carbocycles. The SMILES string of the molecule is C[C@H](c1nc[n+]([O-])cc1F)[C@](O)(Cn1cncn1)c1ccc(F)cc1F. The van der Waals surface area contributed by atoms with Gasteiger partial charge in [-0.15, -0.1) is 0 Å². The largest absolute Gasteiger partial charge is 0.711 e. The molecule has 10 heteroatoms. The molecular formula is C16H14F3N5O2. The van der Waals surface area contributed by atoms with Crippen LogP contribution in [0.4, 0.5) is 13.2 Å². The summed E-state index contributed by atoms with van der Waals surface area (Å²) < 4.78 is 43.3. The minimum Gasteiger partial charge on any atom is -0.711 e. The van der Waals surface area contributed by atoms with Crippen LogP contribution in [0, 0.1) is 22.7 Å². The van der Waals surface area contributed by atoms with Crippen LogP contribution in [0.5, 0.6) is 0 Å². The van der Waals surface area contributed by atoms with Crippen molar-refractivity contribution in [3.05, 3.63) is 77.3 Å². The Balaban J connectivity index is 2.13. The first-order valence-corrected chi connectivity index (χ1v) is 7.56. The summed E-state index contributed by atoms with van der Waals surface area (Å²) >= 11 is 0. The number of hydrogen-bond acceptors (Lipinski definition) is 5. The number of rotatable bonds is 5. The summed E-state index contributed by atoms with van der Waals surface area (Å²) in [5.74, 6) is -3.89. The van der Waals surface area contributed by atoms with Gasteiger partial charge in [-0.25, -0.2) is 23.2 Å². The van der Waals surface area contributed by atoms with E-state index in [2.05, 4.69) is 15.1 Å². The maximum absolute atomic E-state index is 14.4. The fourth-order valence-corrected chi connectivity index (χ4v) is 2.79. The van der Waals surface area contributed by atoms with Crippen LogP contribution in [0.1, 0.15) is 24.1 Å². The van der Waals surface area contributed by atoms with Crippen molar-refractivity contribution >= 4 is 0 Å². The van der Waals surface area contributed by atoms with Gasteiger partial charge in [-0.3, -0.25) is 0 Å². The zero-order valence-electron chi connectivity index (χ0n) is 13.6. The van der Waals surface area contributed by atoms with Crippen molar-refractivity contribution in [1.82, 2.24) is 19.7 Å². The molecule has 136 valence electrons. The Morgan fingerprint density at radius 3 is 2.69 bits per heavy atom. The zero-order valence-corrected chi connectivity index (χ0v) is 13.6. The van der Waals surface area contributed by atoms with Gasteiger partial charge in [0.05, 0.1) is 12.5 Å². The molecular weight excluding hydrogens is 351 g/mol. The van der Waals surface area contributed by atoms with Gasteiger partial charge in [0, 0.05) is 11.6 Å². The second-order valence-corrected chi connectivity index (χ2v) is 5.83. The third-order valence-electron chi connectivity index (χ3n) is 4.19. The van der Waals surface area contributed by atoms with Crippen molar-refractivity contribution in [2.45, 2.75) is 25.0 Å². The van der Waals surface area contributed by atoms with Gasteiger partial charge in [0.15, 0.2) is 5.69 Å². The first kappa shape index (κ1) is 17.8. The third-order valence-corrected chi connectivity index (χ3v) is 4.19. The van der Waals surface area contributed by atoms with E-state index >= 15 is 0 Å². The molecule has 2 atom stereocenters. The fourth-order valence-electron chi connectivity index (χ4n) is 2.79. The predicted molar refractivity (Wildman–Crippen MR) is 81.8 cm³/mol. The lowest BCUT2D eigenvalue weighted by molar-refractivity contribution is -0.610. The fraction of sp³-hybridized carbons (Fsp3) is 0.250. The number of nitrogens with zero attached hydrogens (tertiary/aromatic N) is 5. The first-order valence-electron chi connectivity index (χ1n) is 7.56. The summed E-state index contributed by atoms with van der Waals surface area (Å²) in [4.78, 5) is 7.47. The second kappa shape index (κ2) is 6.71. The average Bonchev–Trinajstić information content (AvgIpc) is 3.06. The number of aliphatic hydroxyl groups is 1. The van der Waals surface area contributed by atoms with E-state index in [0.29, 0.717) is 12.3 Å². The topological polar surface area (TPSA) is 90.8 Å². The summed E-state index contributed by atoms with van der Waals surface area (Å²) in [5, 5.41) is 26.3. The maximum atomic E-state index is 14.4. The van der Waals surface area contributed by atoms with E-state index in [4.69, 9.17) is 0 Å². The average molecular weight is 365 g/mol. The van der Waals surface area contributed by atoms with Crippen LogP contribution in [0.2, 0.25) is 0 Å². The molecule has 0 saturated carbocycles. The van der Waals surface area contributed by atoms with Gasteiger partial charge in [-0.05, 0) is 11.1 Å². The molecule has 0 aliphatic carbocycles. The Morgan fingerprint density at radius 2 is 2.08 bits per heavy atom. The molecule has 26 heavy (non-hydrogen) atoms. The van der Waals surface area contributed by atoms with Crippen molar-refractivity contribution in [3.63, 3.8) is 0 Å². The van der Waals surface area contributed by atoms with Crippen molar-refractivity contribution < 1.29 is 23.0 Å². The molecule has 0 unspecified atom stereocenters. The van der Waals surface area contributed by atoms with Crippen molar-refractivity contribution in [2.75, 3.05) is 0 Å². The highest BCUT2D eigenvalue weighted by Crippen LogP contribution is 2.39. The lowest BCUT2D eigenvalue weighted by Gasteiger charge is -2.33. The quantitative estimate of drug-likeness (QED) is 0.545. The van der Waals surface area contributed by atoms with Gasteiger partial charge < -0.3 is 10.3 Å². The molecule has 7 nitrogen and oxygen atoms in total. The van der Waals surface area contributed by atoms with Gasteiger partial charge in [-0.2, -0.15) is 9.49 Å². The number of halogens is 3. The van der Waals surface area contributed by atoms with Crippen LogP contribution in [0.25, 0.3) is 0 Å². The van der Waals surface area contributed by atoms with E-state index in [1.165, 1.54) is 24.3 Å². The van der Waals surface area contributed by atoms with E-state index in [1.54, 1.807) is 0 Å². The number of hydrogen-bond donors (Lipinski definition) is 1. The van der Waals surface area contributed by atoms with Crippen molar-refractivity contribution in [2.24, 2.45) is 0 Å².